The molecule has 3 aromatic rings. The average molecular weight is 455 g/mol. The van der Waals surface area contributed by atoms with Gasteiger partial charge in [-0.25, -0.2) is 0 Å². The Morgan fingerprint density at radius 3 is 2.44 bits per heavy atom. The number of hydrogen-bond donors (Lipinski definition) is 0. The summed E-state index contributed by atoms with van der Waals surface area (Å²) in [5.41, 5.74) is 7.04. The van der Waals surface area contributed by atoms with Crippen molar-refractivity contribution in [1.29, 1.82) is 0 Å². The monoisotopic (exact) mass is 454 g/mol. The predicted octanol–water partition coefficient (Wildman–Crippen LogP) is 6.97. The van der Waals surface area contributed by atoms with Gasteiger partial charge in [-0.2, -0.15) is 0 Å². The van der Waals surface area contributed by atoms with E-state index in [1.807, 2.05) is 6.92 Å². The molecule has 0 aliphatic heterocycles. The van der Waals surface area contributed by atoms with Gasteiger partial charge < -0.3 is 9.47 Å². The second-order valence-electron chi connectivity index (χ2n) is 9.89. The van der Waals surface area contributed by atoms with Crippen molar-refractivity contribution in [2.24, 2.45) is 5.92 Å². The van der Waals surface area contributed by atoms with Crippen LogP contribution in [0.3, 0.4) is 0 Å². The van der Waals surface area contributed by atoms with Crippen molar-refractivity contribution in [3.8, 4) is 5.75 Å². The van der Waals surface area contributed by atoms with Crippen molar-refractivity contribution in [2.75, 3.05) is 6.61 Å². The summed E-state index contributed by atoms with van der Waals surface area (Å²) in [6.07, 6.45) is 4.84. The number of rotatable bonds is 7. The maximum absolute atomic E-state index is 11.7. The van der Waals surface area contributed by atoms with Gasteiger partial charge in [0.05, 0.1) is 12.7 Å². The van der Waals surface area contributed by atoms with Crippen molar-refractivity contribution >= 4 is 5.97 Å². The lowest BCUT2D eigenvalue weighted by molar-refractivity contribution is -0.145. The molecule has 0 aromatic heterocycles. The van der Waals surface area contributed by atoms with E-state index < -0.39 is 0 Å². The molecule has 3 nitrogen and oxygen atoms in total. The Morgan fingerprint density at radius 1 is 0.941 bits per heavy atom. The van der Waals surface area contributed by atoms with Crippen LogP contribution in [0.4, 0.5) is 0 Å². The number of hydrogen-bond acceptors (Lipinski definition) is 3. The zero-order chi connectivity index (χ0) is 23.5. The first-order valence-corrected chi connectivity index (χ1v) is 12.7. The third-order valence-electron chi connectivity index (χ3n) is 7.48. The summed E-state index contributed by atoms with van der Waals surface area (Å²) in [5.74, 6) is 2.03. The summed E-state index contributed by atoms with van der Waals surface area (Å²) >= 11 is 0. The number of ether oxygens (including phenoxy) is 2. The van der Waals surface area contributed by atoms with E-state index in [1.165, 1.54) is 27.8 Å². The molecule has 0 bridgehead atoms. The van der Waals surface area contributed by atoms with Crippen molar-refractivity contribution in [2.45, 2.75) is 63.9 Å². The zero-order valence-corrected chi connectivity index (χ0v) is 20.2. The molecule has 2 atom stereocenters. The van der Waals surface area contributed by atoms with Crippen molar-refractivity contribution in [3.05, 3.63) is 101 Å². The van der Waals surface area contributed by atoms with E-state index in [0.717, 1.165) is 31.4 Å². The van der Waals surface area contributed by atoms with Crippen LogP contribution in [0.1, 0.15) is 72.3 Å². The van der Waals surface area contributed by atoms with Crippen LogP contribution in [0.25, 0.3) is 0 Å². The number of esters is 1. The lowest BCUT2D eigenvalue weighted by Gasteiger charge is -2.36. The standard InChI is InChI=1S/C31H34O3/c1-3-33-30(32)20-22-18-27(19-22)34-26-13-10-24(11-14-26)31-28(23-7-5-4-6-8-23)16-12-25-17-21(2)9-15-29(25)31/h4-11,13-15,17,22,27-28,31H,3,12,16,18-20H2,1-2H3/t22?,27?,28-,31+/m1/s1. The van der Waals surface area contributed by atoms with Crippen LogP contribution in [0.5, 0.6) is 5.75 Å². The Bertz CT molecular complexity index is 1110. The molecule has 34 heavy (non-hydrogen) atoms. The molecule has 0 unspecified atom stereocenters. The highest BCUT2D eigenvalue weighted by atomic mass is 16.5. The van der Waals surface area contributed by atoms with Crippen LogP contribution in [0, 0.1) is 12.8 Å². The molecule has 0 N–H and O–H groups in total. The largest absolute Gasteiger partial charge is 0.490 e. The molecule has 3 heteroatoms. The molecule has 0 radical (unpaired) electrons. The van der Waals surface area contributed by atoms with Crippen LogP contribution in [-0.4, -0.2) is 18.7 Å². The van der Waals surface area contributed by atoms with E-state index >= 15 is 0 Å². The van der Waals surface area contributed by atoms with Gasteiger partial charge in [0.25, 0.3) is 0 Å². The maximum atomic E-state index is 11.7. The average Bonchev–Trinajstić information content (AvgIpc) is 2.83. The Balaban J connectivity index is 1.31. The van der Waals surface area contributed by atoms with E-state index in [2.05, 4.69) is 79.7 Å². The molecule has 1 fully saturated rings. The fourth-order valence-corrected chi connectivity index (χ4v) is 5.76. The van der Waals surface area contributed by atoms with Crippen LogP contribution < -0.4 is 4.74 Å². The van der Waals surface area contributed by atoms with Crippen LogP contribution >= 0.6 is 0 Å². The Kier molecular flexibility index (Phi) is 6.71. The van der Waals surface area contributed by atoms with E-state index in [0.29, 0.717) is 30.8 Å². The maximum Gasteiger partial charge on any atom is 0.306 e. The van der Waals surface area contributed by atoms with Gasteiger partial charge in [0.1, 0.15) is 5.75 Å². The number of aryl methyl sites for hydroxylation is 2. The number of fused-ring (bicyclic) bond motifs is 1. The molecule has 176 valence electrons. The van der Waals surface area contributed by atoms with Crippen molar-refractivity contribution in [3.63, 3.8) is 0 Å². The highest BCUT2D eigenvalue weighted by Crippen LogP contribution is 2.46. The number of benzene rings is 3. The lowest BCUT2D eigenvalue weighted by atomic mass is 9.69. The lowest BCUT2D eigenvalue weighted by Crippen LogP contribution is -2.35. The number of carbonyl (C=O) groups excluding carboxylic acids is 1. The van der Waals surface area contributed by atoms with Crippen LogP contribution in [0.15, 0.2) is 72.8 Å². The van der Waals surface area contributed by atoms with E-state index in [-0.39, 0.29) is 12.1 Å². The highest BCUT2D eigenvalue weighted by molar-refractivity contribution is 5.69. The Morgan fingerprint density at radius 2 is 1.71 bits per heavy atom. The Labute approximate surface area is 203 Å². The molecule has 0 saturated heterocycles. The van der Waals surface area contributed by atoms with Crippen LogP contribution in [0.2, 0.25) is 0 Å². The predicted molar refractivity (Wildman–Crippen MR) is 135 cm³/mol. The molecule has 2 aliphatic rings. The highest BCUT2D eigenvalue weighted by Gasteiger charge is 2.34. The van der Waals surface area contributed by atoms with E-state index in [4.69, 9.17) is 9.47 Å². The van der Waals surface area contributed by atoms with Gasteiger partial charge in [-0.05, 0) is 85.8 Å². The van der Waals surface area contributed by atoms with Gasteiger partial charge in [0.15, 0.2) is 0 Å². The normalized spacial score (nSPS) is 23.5. The molecule has 0 heterocycles. The smallest absolute Gasteiger partial charge is 0.306 e. The summed E-state index contributed by atoms with van der Waals surface area (Å²) in [6.45, 7) is 4.49. The molecule has 0 spiro atoms. The van der Waals surface area contributed by atoms with E-state index in [9.17, 15) is 4.79 Å². The molecular weight excluding hydrogens is 420 g/mol. The molecule has 0 amide bonds. The van der Waals surface area contributed by atoms with Gasteiger partial charge in [-0.15, -0.1) is 0 Å². The summed E-state index contributed by atoms with van der Waals surface area (Å²) in [6, 6.07) is 26.7. The molecular formula is C31H34O3. The first kappa shape index (κ1) is 22.7. The second kappa shape index (κ2) is 10.0. The molecule has 2 aliphatic carbocycles. The number of carbonyl (C=O) groups is 1. The minimum Gasteiger partial charge on any atom is -0.490 e. The fraction of sp³-hybridized carbons (Fsp3) is 0.387. The summed E-state index contributed by atoms with van der Waals surface area (Å²) in [4.78, 5) is 11.7. The molecule has 5 rings (SSSR count). The SMILES string of the molecule is CCOC(=O)CC1CC(Oc2ccc([C@@H]3c4ccc(C)cc4CC[C@@H]3c3ccccc3)cc2)C1. The third kappa shape index (κ3) is 4.89. The van der Waals surface area contributed by atoms with Gasteiger partial charge in [-0.3, -0.25) is 4.79 Å². The fourth-order valence-electron chi connectivity index (χ4n) is 5.76. The van der Waals surface area contributed by atoms with Gasteiger partial charge in [0.2, 0.25) is 0 Å². The molecule has 1 saturated carbocycles. The summed E-state index contributed by atoms with van der Waals surface area (Å²) in [5, 5.41) is 0. The second-order valence-corrected chi connectivity index (χ2v) is 9.89. The minimum absolute atomic E-state index is 0.0915. The third-order valence-corrected chi connectivity index (χ3v) is 7.48. The molecule has 3 aromatic carbocycles. The zero-order valence-electron chi connectivity index (χ0n) is 20.2. The quantitative estimate of drug-likeness (QED) is 0.362. The van der Waals surface area contributed by atoms with Gasteiger partial charge in [-0.1, -0.05) is 66.2 Å². The summed E-state index contributed by atoms with van der Waals surface area (Å²) in [7, 11) is 0. The van der Waals surface area contributed by atoms with Crippen molar-refractivity contribution < 1.29 is 14.3 Å². The minimum atomic E-state index is -0.0915. The first-order chi connectivity index (χ1) is 16.6. The van der Waals surface area contributed by atoms with Gasteiger partial charge in [0, 0.05) is 12.3 Å². The first-order valence-electron chi connectivity index (χ1n) is 12.7. The van der Waals surface area contributed by atoms with E-state index in [1.54, 1.807) is 0 Å². The van der Waals surface area contributed by atoms with Gasteiger partial charge >= 0.3 is 5.97 Å². The Hall–Kier alpha value is -3.07. The van der Waals surface area contributed by atoms with Crippen LogP contribution in [-0.2, 0) is 16.0 Å². The van der Waals surface area contributed by atoms with Crippen molar-refractivity contribution in [1.82, 2.24) is 0 Å². The topological polar surface area (TPSA) is 35.5 Å². The summed E-state index contributed by atoms with van der Waals surface area (Å²) < 4.78 is 11.3.